The Morgan fingerprint density at radius 3 is 2.35 bits per heavy atom. The van der Waals surface area contributed by atoms with Gasteiger partial charge < -0.3 is 10.1 Å². The van der Waals surface area contributed by atoms with Crippen LogP contribution in [0.5, 0.6) is 5.75 Å². The van der Waals surface area contributed by atoms with Gasteiger partial charge in [0.1, 0.15) is 5.75 Å². The zero-order chi connectivity index (χ0) is 16.7. The van der Waals surface area contributed by atoms with Gasteiger partial charge in [-0.1, -0.05) is 24.3 Å². The van der Waals surface area contributed by atoms with Crippen LogP contribution in [0.4, 0.5) is 0 Å². The summed E-state index contributed by atoms with van der Waals surface area (Å²) in [5.41, 5.74) is 2.05. The smallest absolute Gasteiger partial charge is 0.244 e. The Morgan fingerprint density at radius 2 is 1.78 bits per heavy atom. The van der Waals surface area contributed by atoms with Gasteiger partial charge in [-0.25, -0.2) is 0 Å². The van der Waals surface area contributed by atoms with E-state index >= 15 is 0 Å². The predicted octanol–water partition coefficient (Wildman–Crippen LogP) is 4.31. The van der Waals surface area contributed by atoms with E-state index in [9.17, 15) is 4.79 Å². The monoisotopic (exact) mass is 327 g/mol. The lowest BCUT2D eigenvalue weighted by Crippen LogP contribution is -2.24. The summed E-state index contributed by atoms with van der Waals surface area (Å²) in [5, 5.41) is 2.97. The number of hydrogen-bond donors (Lipinski definition) is 1. The molecular formula is C19H21NO2S. The normalized spacial score (nSPS) is 12.1. The fraction of sp³-hybridized carbons (Fsp3) is 0.211. The van der Waals surface area contributed by atoms with Gasteiger partial charge in [-0.3, -0.25) is 4.79 Å². The van der Waals surface area contributed by atoms with Gasteiger partial charge >= 0.3 is 0 Å². The number of hydrogen-bond acceptors (Lipinski definition) is 3. The molecule has 0 aromatic heterocycles. The molecule has 0 saturated heterocycles. The molecule has 4 heteroatoms. The summed E-state index contributed by atoms with van der Waals surface area (Å²) in [5.74, 6) is 0.691. The predicted molar refractivity (Wildman–Crippen MR) is 96.8 cm³/mol. The molecule has 0 aliphatic rings. The van der Waals surface area contributed by atoms with Crippen molar-refractivity contribution in [1.82, 2.24) is 5.32 Å². The zero-order valence-corrected chi connectivity index (χ0v) is 14.4. The largest absolute Gasteiger partial charge is 0.497 e. The molecule has 23 heavy (non-hydrogen) atoms. The van der Waals surface area contributed by atoms with E-state index in [0.717, 1.165) is 16.9 Å². The Morgan fingerprint density at radius 1 is 1.13 bits per heavy atom. The Hall–Kier alpha value is -2.20. The second-order valence-corrected chi connectivity index (χ2v) is 5.99. The summed E-state index contributed by atoms with van der Waals surface area (Å²) in [6, 6.07) is 15.7. The number of ether oxygens (including phenoxy) is 1. The minimum Gasteiger partial charge on any atom is -0.497 e. The van der Waals surface area contributed by atoms with Crippen LogP contribution in [0.15, 0.2) is 59.5 Å². The molecule has 0 aliphatic carbocycles. The van der Waals surface area contributed by atoms with Gasteiger partial charge in [0.2, 0.25) is 5.91 Å². The molecular weight excluding hydrogens is 306 g/mol. The van der Waals surface area contributed by atoms with E-state index in [-0.39, 0.29) is 11.9 Å². The zero-order valence-electron chi connectivity index (χ0n) is 13.6. The molecule has 1 N–H and O–H groups in total. The third-order valence-electron chi connectivity index (χ3n) is 3.52. The van der Waals surface area contributed by atoms with E-state index < -0.39 is 0 Å². The first kappa shape index (κ1) is 17.2. The number of rotatable bonds is 6. The fourth-order valence-corrected chi connectivity index (χ4v) is 2.53. The van der Waals surface area contributed by atoms with E-state index in [1.807, 2.05) is 49.6 Å². The maximum Gasteiger partial charge on any atom is 0.244 e. The molecule has 120 valence electrons. The Balaban J connectivity index is 1.93. The molecule has 0 heterocycles. The molecule has 2 rings (SSSR count). The van der Waals surface area contributed by atoms with Crippen molar-refractivity contribution in [2.45, 2.75) is 17.9 Å². The van der Waals surface area contributed by atoms with Crippen LogP contribution in [-0.4, -0.2) is 19.3 Å². The number of carbonyl (C=O) groups is 1. The van der Waals surface area contributed by atoms with Gasteiger partial charge in [0.05, 0.1) is 13.2 Å². The van der Waals surface area contributed by atoms with Crippen LogP contribution < -0.4 is 10.1 Å². The molecule has 2 aromatic rings. The van der Waals surface area contributed by atoms with Crippen molar-refractivity contribution in [2.24, 2.45) is 0 Å². The van der Waals surface area contributed by atoms with Crippen molar-refractivity contribution in [2.75, 3.05) is 13.4 Å². The molecule has 0 spiro atoms. The van der Waals surface area contributed by atoms with Crippen LogP contribution >= 0.6 is 11.8 Å². The molecule has 0 radical (unpaired) electrons. The second-order valence-electron chi connectivity index (χ2n) is 5.11. The van der Waals surface area contributed by atoms with Gasteiger partial charge in [0, 0.05) is 11.0 Å². The number of methoxy groups -OCH3 is 1. The van der Waals surface area contributed by atoms with Crippen LogP contribution in [0, 0.1) is 0 Å². The van der Waals surface area contributed by atoms with Crippen molar-refractivity contribution in [1.29, 1.82) is 0 Å². The standard InChI is InChI=1S/C19H21NO2S/c1-14(16-7-11-18(23-3)12-8-16)20-19(21)13-6-15-4-9-17(22-2)10-5-15/h4-14H,1-3H3,(H,20,21)/b13-6+. The average molecular weight is 327 g/mol. The number of benzene rings is 2. The Labute approximate surface area is 141 Å². The van der Waals surface area contributed by atoms with Crippen molar-refractivity contribution in [3.8, 4) is 5.75 Å². The van der Waals surface area contributed by atoms with Crippen molar-refractivity contribution >= 4 is 23.7 Å². The summed E-state index contributed by atoms with van der Waals surface area (Å²) in [7, 11) is 1.63. The third-order valence-corrected chi connectivity index (χ3v) is 4.26. The highest BCUT2D eigenvalue weighted by Gasteiger charge is 2.07. The lowest BCUT2D eigenvalue weighted by molar-refractivity contribution is -0.117. The second kappa shape index (κ2) is 8.44. The van der Waals surface area contributed by atoms with Gasteiger partial charge in [-0.2, -0.15) is 0 Å². The van der Waals surface area contributed by atoms with Gasteiger partial charge in [0.15, 0.2) is 0 Å². The molecule has 3 nitrogen and oxygen atoms in total. The van der Waals surface area contributed by atoms with Crippen molar-refractivity contribution < 1.29 is 9.53 Å². The third kappa shape index (κ3) is 5.18. The molecule has 2 aromatic carbocycles. The molecule has 0 bridgehead atoms. The number of amides is 1. The lowest BCUT2D eigenvalue weighted by atomic mass is 10.1. The highest BCUT2D eigenvalue weighted by atomic mass is 32.2. The van der Waals surface area contributed by atoms with Crippen LogP contribution in [0.25, 0.3) is 6.08 Å². The van der Waals surface area contributed by atoms with Crippen LogP contribution in [0.2, 0.25) is 0 Å². The minimum atomic E-state index is -0.109. The Bertz CT molecular complexity index is 663. The first-order chi connectivity index (χ1) is 11.1. The molecule has 1 amide bonds. The maximum atomic E-state index is 12.0. The molecule has 0 saturated carbocycles. The lowest BCUT2D eigenvalue weighted by Gasteiger charge is -2.13. The van der Waals surface area contributed by atoms with E-state index in [4.69, 9.17) is 4.74 Å². The fourth-order valence-electron chi connectivity index (χ4n) is 2.12. The summed E-state index contributed by atoms with van der Waals surface area (Å²) >= 11 is 1.70. The molecule has 0 aliphatic heterocycles. The number of nitrogens with one attached hydrogen (secondary N) is 1. The number of thioether (sulfide) groups is 1. The highest BCUT2D eigenvalue weighted by molar-refractivity contribution is 7.98. The summed E-state index contributed by atoms with van der Waals surface area (Å²) in [6.07, 6.45) is 5.39. The van der Waals surface area contributed by atoms with Crippen molar-refractivity contribution in [3.63, 3.8) is 0 Å². The molecule has 1 unspecified atom stereocenters. The van der Waals surface area contributed by atoms with E-state index in [1.54, 1.807) is 31.0 Å². The Kier molecular flexibility index (Phi) is 6.29. The van der Waals surface area contributed by atoms with E-state index in [2.05, 4.69) is 17.4 Å². The van der Waals surface area contributed by atoms with Crippen molar-refractivity contribution in [3.05, 3.63) is 65.7 Å². The van der Waals surface area contributed by atoms with Crippen LogP contribution in [0.1, 0.15) is 24.1 Å². The van der Waals surface area contributed by atoms with Crippen LogP contribution in [-0.2, 0) is 4.79 Å². The first-order valence-corrected chi connectivity index (χ1v) is 8.61. The van der Waals surface area contributed by atoms with Gasteiger partial charge in [-0.15, -0.1) is 11.8 Å². The quantitative estimate of drug-likeness (QED) is 0.635. The SMILES string of the molecule is COc1ccc(/C=C/C(=O)NC(C)c2ccc(SC)cc2)cc1. The number of carbonyl (C=O) groups excluding carboxylic acids is 1. The van der Waals surface area contributed by atoms with Gasteiger partial charge in [-0.05, 0) is 54.6 Å². The van der Waals surface area contributed by atoms with Crippen LogP contribution in [0.3, 0.4) is 0 Å². The first-order valence-electron chi connectivity index (χ1n) is 7.39. The summed E-state index contributed by atoms with van der Waals surface area (Å²) < 4.78 is 5.11. The van der Waals surface area contributed by atoms with Gasteiger partial charge in [0.25, 0.3) is 0 Å². The maximum absolute atomic E-state index is 12.0. The summed E-state index contributed by atoms with van der Waals surface area (Å²) in [6.45, 7) is 1.98. The molecule has 0 fully saturated rings. The molecule has 1 atom stereocenters. The van der Waals surface area contributed by atoms with E-state index in [0.29, 0.717) is 0 Å². The topological polar surface area (TPSA) is 38.3 Å². The average Bonchev–Trinajstić information content (AvgIpc) is 2.60. The van der Waals surface area contributed by atoms with E-state index in [1.165, 1.54) is 4.90 Å². The minimum absolute atomic E-state index is 0.0288. The summed E-state index contributed by atoms with van der Waals surface area (Å²) in [4.78, 5) is 13.2. The highest BCUT2D eigenvalue weighted by Crippen LogP contribution is 2.19.